The molecule has 2 N–H and O–H groups in total. The second-order valence-corrected chi connectivity index (χ2v) is 5.83. The van der Waals surface area contributed by atoms with E-state index in [9.17, 15) is 0 Å². The molecule has 1 aliphatic rings. The molecule has 0 amide bonds. The summed E-state index contributed by atoms with van der Waals surface area (Å²) in [5.41, 5.74) is 9.42. The Morgan fingerprint density at radius 3 is 2.76 bits per heavy atom. The van der Waals surface area contributed by atoms with E-state index in [0.29, 0.717) is 12.0 Å². The number of hydrogen-bond donors (Lipinski definition) is 1. The Hall–Kier alpha value is -0.820. The van der Waals surface area contributed by atoms with Crippen LogP contribution in [0.25, 0.3) is 0 Å². The average Bonchev–Trinajstić information content (AvgIpc) is 2.72. The largest absolute Gasteiger partial charge is 0.327 e. The molecule has 0 spiro atoms. The minimum Gasteiger partial charge on any atom is -0.327 e. The maximum Gasteiger partial charge on any atom is 0.0108 e. The molecule has 0 aliphatic heterocycles. The van der Waals surface area contributed by atoms with Gasteiger partial charge in [0, 0.05) is 6.04 Å². The molecule has 1 aliphatic carbocycles. The Labute approximate surface area is 105 Å². The molecule has 0 fully saturated rings. The fraction of sp³-hybridized carbons (Fsp3) is 0.625. The van der Waals surface area contributed by atoms with E-state index < -0.39 is 0 Å². The van der Waals surface area contributed by atoms with Crippen LogP contribution in [0.3, 0.4) is 0 Å². The average molecular weight is 231 g/mol. The summed E-state index contributed by atoms with van der Waals surface area (Å²) >= 11 is 0. The van der Waals surface area contributed by atoms with Crippen molar-refractivity contribution in [1.29, 1.82) is 0 Å². The number of fused-ring (bicyclic) bond motifs is 1. The van der Waals surface area contributed by atoms with Crippen molar-refractivity contribution in [3.63, 3.8) is 0 Å². The van der Waals surface area contributed by atoms with Gasteiger partial charge in [-0.3, -0.25) is 0 Å². The summed E-state index contributed by atoms with van der Waals surface area (Å²) in [5, 5.41) is 0. The van der Waals surface area contributed by atoms with Crippen molar-refractivity contribution < 1.29 is 0 Å². The molecule has 1 aromatic rings. The molecule has 0 saturated carbocycles. The lowest BCUT2D eigenvalue weighted by atomic mass is 9.89. The topological polar surface area (TPSA) is 26.0 Å². The molecule has 1 heteroatoms. The third kappa shape index (κ3) is 3.10. The van der Waals surface area contributed by atoms with Crippen molar-refractivity contribution >= 4 is 0 Å². The van der Waals surface area contributed by atoms with Gasteiger partial charge in [0.1, 0.15) is 0 Å². The first-order valence-corrected chi connectivity index (χ1v) is 7.02. The fourth-order valence-corrected chi connectivity index (χ4v) is 3.00. The van der Waals surface area contributed by atoms with Gasteiger partial charge < -0.3 is 5.73 Å². The molecule has 1 nitrogen and oxygen atoms in total. The summed E-state index contributed by atoms with van der Waals surface area (Å²) < 4.78 is 0. The highest BCUT2D eigenvalue weighted by molar-refractivity contribution is 5.35. The monoisotopic (exact) mass is 231 g/mol. The molecule has 1 aromatic carbocycles. The van der Waals surface area contributed by atoms with Gasteiger partial charge in [0.05, 0.1) is 0 Å². The molecule has 94 valence electrons. The molecule has 2 rings (SSSR count). The van der Waals surface area contributed by atoms with Crippen LogP contribution in [0, 0.1) is 5.92 Å². The molecule has 0 heterocycles. The van der Waals surface area contributed by atoms with Crippen LogP contribution in [0.2, 0.25) is 0 Å². The predicted octanol–water partition coefficient (Wildman–Crippen LogP) is 3.87. The van der Waals surface area contributed by atoms with Gasteiger partial charge in [-0.2, -0.15) is 0 Å². The third-order valence-corrected chi connectivity index (χ3v) is 4.02. The van der Waals surface area contributed by atoms with Crippen LogP contribution in [0.5, 0.6) is 0 Å². The zero-order chi connectivity index (χ0) is 12.3. The summed E-state index contributed by atoms with van der Waals surface area (Å²) in [6.07, 6.45) is 6.23. The minimum absolute atomic E-state index is 0.359. The van der Waals surface area contributed by atoms with E-state index in [2.05, 4.69) is 38.1 Å². The molecule has 0 radical (unpaired) electrons. The molecule has 2 unspecified atom stereocenters. The first-order chi connectivity index (χ1) is 8.18. The number of aryl methyl sites for hydroxylation is 1. The van der Waals surface area contributed by atoms with Crippen LogP contribution in [0.4, 0.5) is 0 Å². The third-order valence-electron chi connectivity index (χ3n) is 4.02. The lowest BCUT2D eigenvalue weighted by molar-refractivity contribution is 0.448. The van der Waals surface area contributed by atoms with Gasteiger partial charge in [-0.15, -0.1) is 0 Å². The van der Waals surface area contributed by atoms with E-state index in [4.69, 9.17) is 5.73 Å². The lowest BCUT2D eigenvalue weighted by Gasteiger charge is -2.20. The first kappa shape index (κ1) is 12.6. The fourth-order valence-electron chi connectivity index (χ4n) is 3.00. The summed E-state index contributed by atoms with van der Waals surface area (Å²) in [6, 6.07) is 9.19. The smallest absolute Gasteiger partial charge is 0.0108 e. The minimum atomic E-state index is 0.359. The van der Waals surface area contributed by atoms with E-state index in [1.807, 2.05) is 0 Å². The molecule has 0 saturated heterocycles. The highest BCUT2D eigenvalue weighted by Crippen LogP contribution is 2.35. The molecule has 0 bridgehead atoms. The second kappa shape index (κ2) is 5.68. The zero-order valence-electron chi connectivity index (χ0n) is 11.2. The molecule has 17 heavy (non-hydrogen) atoms. The van der Waals surface area contributed by atoms with E-state index >= 15 is 0 Å². The van der Waals surface area contributed by atoms with E-state index in [1.165, 1.54) is 43.2 Å². The quantitative estimate of drug-likeness (QED) is 0.818. The summed E-state index contributed by atoms with van der Waals surface area (Å²) in [6.45, 7) is 4.58. The molecule has 2 atom stereocenters. The highest BCUT2D eigenvalue weighted by atomic mass is 14.7. The SMILES string of the molecule is CC(C)CCCC(N)C1CCc2ccccc21. The Morgan fingerprint density at radius 1 is 1.24 bits per heavy atom. The van der Waals surface area contributed by atoms with Crippen molar-refractivity contribution in [2.45, 2.75) is 57.9 Å². The maximum absolute atomic E-state index is 6.38. The molecular formula is C16H25N. The first-order valence-electron chi connectivity index (χ1n) is 7.02. The van der Waals surface area contributed by atoms with Crippen LogP contribution in [-0.2, 0) is 6.42 Å². The Morgan fingerprint density at radius 2 is 2.00 bits per heavy atom. The van der Waals surface area contributed by atoms with Crippen molar-refractivity contribution in [3.8, 4) is 0 Å². The van der Waals surface area contributed by atoms with Gasteiger partial charge in [-0.05, 0) is 42.2 Å². The van der Waals surface area contributed by atoms with Crippen molar-refractivity contribution in [2.24, 2.45) is 11.7 Å². The van der Waals surface area contributed by atoms with Crippen molar-refractivity contribution in [1.82, 2.24) is 0 Å². The predicted molar refractivity (Wildman–Crippen MR) is 74.2 cm³/mol. The van der Waals surface area contributed by atoms with Crippen molar-refractivity contribution in [2.75, 3.05) is 0 Å². The number of hydrogen-bond acceptors (Lipinski definition) is 1. The lowest BCUT2D eigenvalue weighted by Crippen LogP contribution is -2.27. The number of rotatable bonds is 5. The Kier molecular flexibility index (Phi) is 4.22. The van der Waals surface area contributed by atoms with Gasteiger partial charge >= 0.3 is 0 Å². The normalized spacial score (nSPS) is 20.6. The maximum atomic E-state index is 6.38. The van der Waals surface area contributed by atoms with Crippen LogP contribution in [0.15, 0.2) is 24.3 Å². The summed E-state index contributed by atoms with van der Waals surface area (Å²) in [4.78, 5) is 0. The van der Waals surface area contributed by atoms with Gasteiger partial charge in [-0.1, -0.05) is 51.0 Å². The van der Waals surface area contributed by atoms with Crippen LogP contribution in [0.1, 0.15) is 56.6 Å². The van der Waals surface area contributed by atoms with Gasteiger partial charge in [-0.25, -0.2) is 0 Å². The molecule has 0 aromatic heterocycles. The Balaban J connectivity index is 1.91. The van der Waals surface area contributed by atoms with Crippen LogP contribution >= 0.6 is 0 Å². The summed E-state index contributed by atoms with van der Waals surface area (Å²) in [5.74, 6) is 1.41. The van der Waals surface area contributed by atoms with Gasteiger partial charge in [0.2, 0.25) is 0 Å². The van der Waals surface area contributed by atoms with E-state index in [-0.39, 0.29) is 0 Å². The number of nitrogens with two attached hydrogens (primary N) is 1. The number of benzene rings is 1. The van der Waals surface area contributed by atoms with Crippen molar-refractivity contribution in [3.05, 3.63) is 35.4 Å². The van der Waals surface area contributed by atoms with E-state index in [1.54, 1.807) is 0 Å². The van der Waals surface area contributed by atoms with Gasteiger partial charge in [0.25, 0.3) is 0 Å². The molecular weight excluding hydrogens is 206 g/mol. The zero-order valence-corrected chi connectivity index (χ0v) is 11.2. The van der Waals surface area contributed by atoms with E-state index in [0.717, 1.165) is 5.92 Å². The standard InChI is InChI=1S/C16H25N/c1-12(2)6-5-9-16(17)15-11-10-13-7-3-4-8-14(13)15/h3-4,7-8,12,15-16H,5-6,9-11,17H2,1-2H3. The second-order valence-electron chi connectivity index (χ2n) is 5.83. The van der Waals surface area contributed by atoms with Crippen LogP contribution in [-0.4, -0.2) is 6.04 Å². The highest BCUT2D eigenvalue weighted by Gasteiger charge is 2.26. The summed E-state index contributed by atoms with van der Waals surface area (Å²) in [7, 11) is 0. The van der Waals surface area contributed by atoms with Gasteiger partial charge in [0.15, 0.2) is 0 Å². The Bertz CT molecular complexity index is 356. The van der Waals surface area contributed by atoms with Crippen LogP contribution < -0.4 is 5.73 Å².